The summed E-state index contributed by atoms with van der Waals surface area (Å²) >= 11 is 0. The summed E-state index contributed by atoms with van der Waals surface area (Å²) in [6, 6.07) is 6.93. The molecular formula is C14H17NO3. The van der Waals surface area contributed by atoms with Gasteiger partial charge >= 0.3 is 5.97 Å². The lowest BCUT2D eigenvalue weighted by atomic mass is 10.00. The van der Waals surface area contributed by atoms with Gasteiger partial charge in [0.1, 0.15) is 12.3 Å². The van der Waals surface area contributed by atoms with E-state index in [0.717, 1.165) is 31.2 Å². The Labute approximate surface area is 106 Å². The summed E-state index contributed by atoms with van der Waals surface area (Å²) in [5.74, 6) is -0.765. The number of carbonyl (C=O) groups excluding carboxylic acids is 1. The number of carboxylic acid groups (broad SMARTS) is 1. The van der Waals surface area contributed by atoms with Crippen LogP contribution in [0.1, 0.15) is 35.2 Å². The van der Waals surface area contributed by atoms with Crippen LogP contribution in [-0.4, -0.2) is 34.8 Å². The van der Waals surface area contributed by atoms with Gasteiger partial charge in [-0.3, -0.25) is 14.5 Å². The van der Waals surface area contributed by atoms with Crippen molar-refractivity contribution in [2.45, 2.75) is 31.8 Å². The van der Waals surface area contributed by atoms with Gasteiger partial charge in [0.05, 0.1) is 0 Å². The highest BCUT2D eigenvalue weighted by atomic mass is 16.4. The molecule has 1 atom stereocenters. The summed E-state index contributed by atoms with van der Waals surface area (Å²) in [5.41, 5.74) is 1.55. The van der Waals surface area contributed by atoms with Gasteiger partial charge in [0.2, 0.25) is 0 Å². The number of aldehydes is 1. The van der Waals surface area contributed by atoms with Crippen molar-refractivity contribution in [1.29, 1.82) is 0 Å². The van der Waals surface area contributed by atoms with E-state index < -0.39 is 12.0 Å². The molecule has 1 heterocycles. The maximum atomic E-state index is 11.2. The minimum absolute atomic E-state index is 0.418. The lowest BCUT2D eigenvalue weighted by Gasteiger charge is -2.33. The zero-order chi connectivity index (χ0) is 13.0. The van der Waals surface area contributed by atoms with Crippen LogP contribution < -0.4 is 0 Å². The molecule has 1 unspecified atom stereocenters. The molecule has 96 valence electrons. The molecule has 1 saturated heterocycles. The maximum absolute atomic E-state index is 11.2. The lowest BCUT2D eigenvalue weighted by Crippen LogP contribution is -2.44. The van der Waals surface area contributed by atoms with Crippen molar-refractivity contribution in [3.63, 3.8) is 0 Å². The van der Waals surface area contributed by atoms with Crippen LogP contribution in [-0.2, 0) is 11.3 Å². The molecule has 0 amide bonds. The Morgan fingerprint density at radius 3 is 2.89 bits per heavy atom. The third-order valence-electron chi connectivity index (χ3n) is 3.45. The molecule has 0 radical (unpaired) electrons. The fourth-order valence-electron chi connectivity index (χ4n) is 2.47. The van der Waals surface area contributed by atoms with Crippen LogP contribution in [0.4, 0.5) is 0 Å². The molecule has 0 spiro atoms. The Morgan fingerprint density at radius 2 is 2.17 bits per heavy atom. The molecule has 4 heteroatoms. The maximum Gasteiger partial charge on any atom is 0.320 e. The molecule has 1 aromatic carbocycles. The second kappa shape index (κ2) is 5.78. The van der Waals surface area contributed by atoms with E-state index in [-0.39, 0.29) is 0 Å². The number of rotatable bonds is 4. The molecule has 18 heavy (non-hydrogen) atoms. The first-order valence-electron chi connectivity index (χ1n) is 6.22. The van der Waals surface area contributed by atoms with Crippen molar-refractivity contribution < 1.29 is 14.7 Å². The zero-order valence-electron chi connectivity index (χ0n) is 10.2. The molecule has 0 aliphatic carbocycles. The first-order chi connectivity index (χ1) is 8.72. The number of carbonyl (C=O) groups is 2. The number of nitrogens with zero attached hydrogens (tertiary/aromatic N) is 1. The second-order valence-corrected chi connectivity index (χ2v) is 4.64. The first-order valence-corrected chi connectivity index (χ1v) is 6.22. The molecule has 0 bridgehead atoms. The molecule has 1 N–H and O–H groups in total. The van der Waals surface area contributed by atoms with Crippen LogP contribution in [0.5, 0.6) is 0 Å². The Bertz CT molecular complexity index is 444. The monoisotopic (exact) mass is 247 g/mol. The number of aliphatic carboxylic acids is 1. The minimum Gasteiger partial charge on any atom is -0.480 e. The topological polar surface area (TPSA) is 57.6 Å². The van der Waals surface area contributed by atoms with E-state index in [0.29, 0.717) is 18.5 Å². The highest BCUT2D eigenvalue weighted by molar-refractivity contribution is 5.77. The average Bonchev–Trinajstić information content (AvgIpc) is 2.40. The fraction of sp³-hybridized carbons (Fsp3) is 0.429. The van der Waals surface area contributed by atoms with Crippen molar-refractivity contribution in [2.24, 2.45) is 0 Å². The smallest absolute Gasteiger partial charge is 0.320 e. The molecule has 1 aliphatic rings. The first kappa shape index (κ1) is 12.8. The van der Waals surface area contributed by atoms with E-state index in [9.17, 15) is 14.7 Å². The van der Waals surface area contributed by atoms with E-state index in [1.54, 1.807) is 6.07 Å². The van der Waals surface area contributed by atoms with E-state index in [1.807, 2.05) is 23.1 Å². The molecule has 0 aromatic heterocycles. The molecule has 2 rings (SSSR count). The second-order valence-electron chi connectivity index (χ2n) is 4.64. The summed E-state index contributed by atoms with van der Waals surface area (Å²) in [4.78, 5) is 24.1. The molecule has 1 fully saturated rings. The summed E-state index contributed by atoms with van der Waals surface area (Å²) in [6.45, 7) is 1.32. The van der Waals surface area contributed by atoms with E-state index >= 15 is 0 Å². The Balaban J connectivity index is 2.15. The molecule has 4 nitrogen and oxygen atoms in total. The van der Waals surface area contributed by atoms with Crippen LogP contribution in [0.3, 0.4) is 0 Å². The number of piperidine rings is 1. The number of hydrogen-bond donors (Lipinski definition) is 1. The minimum atomic E-state index is -0.765. The van der Waals surface area contributed by atoms with Gasteiger partial charge in [-0.25, -0.2) is 0 Å². The van der Waals surface area contributed by atoms with Crippen molar-refractivity contribution in [3.05, 3.63) is 35.4 Å². The quantitative estimate of drug-likeness (QED) is 0.826. The van der Waals surface area contributed by atoms with Crippen molar-refractivity contribution in [2.75, 3.05) is 6.54 Å². The Morgan fingerprint density at radius 1 is 1.39 bits per heavy atom. The number of hydrogen-bond acceptors (Lipinski definition) is 3. The predicted molar refractivity (Wildman–Crippen MR) is 67.5 cm³/mol. The lowest BCUT2D eigenvalue weighted by molar-refractivity contribution is -0.144. The Hall–Kier alpha value is -1.68. The Kier molecular flexibility index (Phi) is 4.10. The van der Waals surface area contributed by atoms with E-state index in [1.165, 1.54) is 0 Å². The number of carboxylic acids is 1. The third-order valence-corrected chi connectivity index (χ3v) is 3.45. The third kappa shape index (κ3) is 2.76. The van der Waals surface area contributed by atoms with E-state index in [2.05, 4.69) is 0 Å². The summed E-state index contributed by atoms with van der Waals surface area (Å²) in [6.07, 6.45) is 3.50. The molecule has 1 aromatic rings. The standard InChI is InChI=1S/C14H17NO3/c16-10-12-6-2-1-5-11(12)9-15-8-4-3-7-13(15)14(17)18/h1-2,5-6,10,13H,3-4,7-9H2,(H,17,18). The van der Waals surface area contributed by atoms with Gasteiger partial charge in [0, 0.05) is 12.1 Å². The van der Waals surface area contributed by atoms with Crippen LogP contribution in [0.2, 0.25) is 0 Å². The van der Waals surface area contributed by atoms with Gasteiger partial charge in [-0.2, -0.15) is 0 Å². The van der Waals surface area contributed by atoms with Crippen molar-refractivity contribution in [1.82, 2.24) is 4.90 Å². The van der Waals surface area contributed by atoms with Gasteiger partial charge in [-0.05, 0) is 24.9 Å². The van der Waals surface area contributed by atoms with Gasteiger partial charge in [-0.1, -0.05) is 30.7 Å². The normalized spacial score (nSPS) is 20.6. The SMILES string of the molecule is O=Cc1ccccc1CN1CCCCC1C(=O)O. The number of benzene rings is 1. The van der Waals surface area contributed by atoms with Crippen molar-refractivity contribution in [3.8, 4) is 0 Å². The molecule has 0 saturated carbocycles. The van der Waals surface area contributed by atoms with Gasteiger partial charge < -0.3 is 5.11 Å². The zero-order valence-corrected chi connectivity index (χ0v) is 10.2. The largest absolute Gasteiger partial charge is 0.480 e. The predicted octanol–water partition coefficient (Wildman–Crippen LogP) is 1.94. The van der Waals surface area contributed by atoms with Crippen LogP contribution in [0.25, 0.3) is 0 Å². The number of likely N-dealkylation sites (tertiary alicyclic amines) is 1. The van der Waals surface area contributed by atoms with Gasteiger partial charge in [0.15, 0.2) is 0 Å². The average molecular weight is 247 g/mol. The van der Waals surface area contributed by atoms with Gasteiger partial charge in [-0.15, -0.1) is 0 Å². The van der Waals surface area contributed by atoms with E-state index in [4.69, 9.17) is 0 Å². The van der Waals surface area contributed by atoms with Crippen LogP contribution in [0.15, 0.2) is 24.3 Å². The summed E-state index contributed by atoms with van der Waals surface area (Å²) < 4.78 is 0. The molecule has 1 aliphatic heterocycles. The summed E-state index contributed by atoms with van der Waals surface area (Å²) in [7, 11) is 0. The highest BCUT2D eigenvalue weighted by Gasteiger charge is 2.28. The highest BCUT2D eigenvalue weighted by Crippen LogP contribution is 2.20. The molecular weight excluding hydrogens is 230 g/mol. The van der Waals surface area contributed by atoms with Crippen molar-refractivity contribution >= 4 is 12.3 Å². The van der Waals surface area contributed by atoms with Crippen LogP contribution in [0, 0.1) is 0 Å². The van der Waals surface area contributed by atoms with Crippen LogP contribution >= 0.6 is 0 Å². The summed E-state index contributed by atoms with van der Waals surface area (Å²) in [5, 5.41) is 9.20. The fourth-order valence-corrected chi connectivity index (χ4v) is 2.47. The van der Waals surface area contributed by atoms with Gasteiger partial charge in [0.25, 0.3) is 0 Å².